The van der Waals surface area contributed by atoms with Crippen molar-refractivity contribution in [2.24, 2.45) is 12.8 Å². The van der Waals surface area contributed by atoms with Gasteiger partial charge < -0.3 is 15.6 Å². The Morgan fingerprint density at radius 3 is 2.67 bits per heavy atom. The van der Waals surface area contributed by atoms with E-state index in [0.717, 1.165) is 17.4 Å². The quantitative estimate of drug-likeness (QED) is 0.564. The number of carbonyl (C=O) groups excluding carboxylic acids is 3. The Bertz CT molecular complexity index is 981. The van der Waals surface area contributed by atoms with Crippen molar-refractivity contribution in [3.05, 3.63) is 54.1 Å². The molecule has 1 unspecified atom stereocenters. The average Bonchev–Trinajstić information content (AvgIpc) is 3.30. The van der Waals surface area contributed by atoms with Gasteiger partial charge in [-0.1, -0.05) is 6.07 Å². The predicted octanol–water partition coefficient (Wildman–Crippen LogP) is 0.334. The molecule has 0 fully saturated rings. The first-order valence-corrected chi connectivity index (χ1v) is 8.69. The largest absolute Gasteiger partial charge is 0.363 e. The van der Waals surface area contributed by atoms with E-state index in [1.807, 2.05) is 0 Å². The van der Waals surface area contributed by atoms with E-state index in [4.69, 9.17) is 5.73 Å². The zero-order chi connectivity index (χ0) is 19.4. The molecular weight excluding hydrogens is 368 g/mol. The number of hydrogen-bond donors (Lipinski definition) is 2. The van der Waals surface area contributed by atoms with Gasteiger partial charge in [-0.2, -0.15) is 8.75 Å². The van der Waals surface area contributed by atoms with Crippen molar-refractivity contribution in [3.63, 3.8) is 0 Å². The van der Waals surface area contributed by atoms with Crippen molar-refractivity contribution in [1.82, 2.24) is 23.6 Å². The summed E-state index contributed by atoms with van der Waals surface area (Å²) in [5.41, 5.74) is 6.72. The fraction of sp³-hybridized carbons (Fsp3) is 0.176. The van der Waals surface area contributed by atoms with Crippen molar-refractivity contribution >= 4 is 29.3 Å². The second-order valence-electron chi connectivity index (χ2n) is 5.75. The van der Waals surface area contributed by atoms with Gasteiger partial charge in [-0.25, -0.2) is 0 Å². The van der Waals surface area contributed by atoms with Gasteiger partial charge in [0.15, 0.2) is 5.69 Å². The Labute approximate surface area is 158 Å². The third-order valence-corrected chi connectivity index (χ3v) is 4.47. The smallest absolute Gasteiger partial charge is 0.287 e. The summed E-state index contributed by atoms with van der Waals surface area (Å²) in [6, 6.07) is 7.68. The first-order chi connectivity index (χ1) is 13.0. The highest BCUT2D eigenvalue weighted by Crippen LogP contribution is 2.19. The number of carbonyl (C=O) groups is 3. The van der Waals surface area contributed by atoms with E-state index in [0.29, 0.717) is 11.4 Å². The summed E-state index contributed by atoms with van der Waals surface area (Å²) in [5.74, 6) is -2.62. The van der Waals surface area contributed by atoms with Crippen LogP contribution in [0.2, 0.25) is 0 Å². The van der Waals surface area contributed by atoms with E-state index in [2.05, 4.69) is 19.0 Å². The maximum atomic E-state index is 12.7. The van der Waals surface area contributed by atoms with E-state index < -0.39 is 23.6 Å². The zero-order valence-corrected chi connectivity index (χ0v) is 15.1. The minimum Gasteiger partial charge on any atom is -0.363 e. The molecular formula is C17H16N6O3S. The first-order valence-electron chi connectivity index (χ1n) is 7.96. The van der Waals surface area contributed by atoms with Crippen molar-refractivity contribution in [2.45, 2.75) is 12.5 Å². The molecule has 3 rings (SSSR count). The molecule has 10 heteroatoms. The van der Waals surface area contributed by atoms with Crippen LogP contribution < -0.4 is 11.1 Å². The Morgan fingerprint density at radius 2 is 2.04 bits per heavy atom. The van der Waals surface area contributed by atoms with Crippen LogP contribution in [0.3, 0.4) is 0 Å². The lowest BCUT2D eigenvalue weighted by molar-refractivity contribution is -0.137. The van der Waals surface area contributed by atoms with E-state index in [9.17, 15) is 14.4 Å². The third-order valence-electron chi connectivity index (χ3n) is 3.94. The van der Waals surface area contributed by atoms with Gasteiger partial charge in [0.2, 0.25) is 5.78 Å². The number of nitrogens with two attached hydrogens (primary N) is 1. The van der Waals surface area contributed by atoms with E-state index in [1.165, 1.54) is 0 Å². The number of rotatable bonds is 7. The van der Waals surface area contributed by atoms with Gasteiger partial charge in [-0.15, -0.1) is 0 Å². The molecule has 0 radical (unpaired) electrons. The van der Waals surface area contributed by atoms with Crippen molar-refractivity contribution in [1.29, 1.82) is 0 Å². The summed E-state index contributed by atoms with van der Waals surface area (Å²) >= 11 is 0.857. The zero-order valence-electron chi connectivity index (χ0n) is 14.3. The molecule has 0 saturated heterocycles. The maximum Gasteiger partial charge on any atom is 0.287 e. The van der Waals surface area contributed by atoms with Gasteiger partial charge in [-0.05, 0) is 24.3 Å². The second-order valence-corrected chi connectivity index (χ2v) is 6.27. The van der Waals surface area contributed by atoms with Crippen LogP contribution in [-0.4, -0.2) is 41.9 Å². The first kappa shape index (κ1) is 18.4. The monoisotopic (exact) mass is 384 g/mol. The van der Waals surface area contributed by atoms with Gasteiger partial charge in [0.05, 0.1) is 17.4 Å². The van der Waals surface area contributed by atoms with Crippen LogP contribution in [0.1, 0.15) is 16.2 Å². The normalized spacial score (nSPS) is 11.7. The summed E-state index contributed by atoms with van der Waals surface area (Å²) < 4.78 is 9.91. The number of ketones is 1. The molecule has 0 spiro atoms. The minimum atomic E-state index is -1.11. The van der Waals surface area contributed by atoms with Crippen LogP contribution >= 0.6 is 11.7 Å². The molecule has 0 aromatic carbocycles. The van der Waals surface area contributed by atoms with Crippen LogP contribution in [0.15, 0.2) is 42.7 Å². The average molecular weight is 384 g/mol. The van der Waals surface area contributed by atoms with E-state index >= 15 is 0 Å². The maximum absolute atomic E-state index is 12.7. The van der Waals surface area contributed by atoms with Crippen molar-refractivity contribution < 1.29 is 14.4 Å². The number of aryl methyl sites for hydroxylation is 1. The number of primary amides is 1. The number of amides is 2. The molecule has 1 atom stereocenters. The van der Waals surface area contributed by atoms with Crippen LogP contribution in [0.5, 0.6) is 0 Å². The molecule has 3 heterocycles. The van der Waals surface area contributed by atoms with Gasteiger partial charge >= 0.3 is 0 Å². The molecule has 2 amide bonds. The van der Waals surface area contributed by atoms with Gasteiger partial charge in [0.1, 0.15) is 11.7 Å². The summed E-state index contributed by atoms with van der Waals surface area (Å²) in [7, 11) is 1.80. The molecule has 3 aromatic heterocycles. The number of Topliss-reactive ketones (excluding diaryl/α,β-unsaturated/α-hetero) is 1. The summed E-state index contributed by atoms with van der Waals surface area (Å²) in [6.07, 6.45) is 3.49. The fourth-order valence-electron chi connectivity index (χ4n) is 2.53. The number of nitrogens with zero attached hydrogens (tertiary/aromatic N) is 4. The highest BCUT2D eigenvalue weighted by molar-refractivity contribution is 6.99. The van der Waals surface area contributed by atoms with E-state index in [1.54, 1.807) is 54.3 Å². The van der Waals surface area contributed by atoms with Crippen LogP contribution in [0.25, 0.3) is 11.4 Å². The standard InChI is InChI=1S/C17H16N6O3S/c1-23-8-4-5-10(23)9-12(15(24)16(18)25)20-17(26)14-13(21-27-22-14)11-6-2-3-7-19-11/h2-8,12H,9H2,1H3,(H2,18,25)(H,20,26). The molecule has 9 nitrogen and oxygen atoms in total. The topological polar surface area (TPSA) is 133 Å². The molecule has 138 valence electrons. The van der Waals surface area contributed by atoms with Crippen molar-refractivity contribution in [2.75, 3.05) is 0 Å². The van der Waals surface area contributed by atoms with Crippen LogP contribution in [-0.2, 0) is 23.1 Å². The molecule has 3 N–H and O–H groups in total. The van der Waals surface area contributed by atoms with Gasteiger partial charge in [-0.3, -0.25) is 19.4 Å². The lowest BCUT2D eigenvalue weighted by Crippen LogP contribution is -2.47. The number of pyridine rings is 1. The highest BCUT2D eigenvalue weighted by Gasteiger charge is 2.29. The second kappa shape index (κ2) is 7.87. The predicted molar refractivity (Wildman–Crippen MR) is 97.7 cm³/mol. The van der Waals surface area contributed by atoms with Crippen molar-refractivity contribution in [3.8, 4) is 11.4 Å². The van der Waals surface area contributed by atoms with Crippen LogP contribution in [0, 0.1) is 0 Å². The fourth-order valence-corrected chi connectivity index (χ4v) is 3.09. The van der Waals surface area contributed by atoms with Gasteiger partial charge in [0.25, 0.3) is 11.8 Å². The number of nitrogens with one attached hydrogen (secondary N) is 1. The molecule has 0 aliphatic heterocycles. The molecule has 0 bridgehead atoms. The highest BCUT2D eigenvalue weighted by atomic mass is 32.1. The Kier molecular flexibility index (Phi) is 5.36. The minimum absolute atomic E-state index is 0.0350. The van der Waals surface area contributed by atoms with Crippen LogP contribution in [0.4, 0.5) is 0 Å². The molecule has 0 saturated carbocycles. The molecule has 0 aliphatic rings. The summed E-state index contributed by atoms with van der Waals surface area (Å²) in [5, 5.41) is 2.55. The lowest BCUT2D eigenvalue weighted by Gasteiger charge is -2.16. The molecule has 0 aliphatic carbocycles. The number of aromatic nitrogens is 4. The summed E-state index contributed by atoms with van der Waals surface area (Å²) in [4.78, 5) is 40.4. The Balaban J connectivity index is 1.85. The lowest BCUT2D eigenvalue weighted by atomic mass is 10.1. The van der Waals surface area contributed by atoms with E-state index in [-0.39, 0.29) is 12.1 Å². The summed E-state index contributed by atoms with van der Waals surface area (Å²) in [6.45, 7) is 0. The third kappa shape index (κ3) is 4.06. The Hall–Kier alpha value is -3.40. The van der Waals surface area contributed by atoms with Gasteiger partial charge in [0, 0.05) is 31.6 Å². The molecule has 27 heavy (non-hydrogen) atoms. The SMILES string of the molecule is Cn1cccc1CC(NC(=O)c1nsnc1-c1ccccn1)C(=O)C(N)=O. The number of hydrogen-bond acceptors (Lipinski definition) is 7. The molecule has 3 aromatic rings. The Morgan fingerprint density at radius 1 is 1.22 bits per heavy atom.